The van der Waals surface area contributed by atoms with Gasteiger partial charge >= 0.3 is 5.97 Å². The minimum Gasteiger partial charge on any atom is -0.481 e. The molecule has 0 fully saturated rings. The number of rotatable bonds is 5. The summed E-state index contributed by atoms with van der Waals surface area (Å²) in [6, 6.07) is 1.50. The maximum Gasteiger partial charge on any atom is 0.309 e. The highest BCUT2D eigenvalue weighted by molar-refractivity contribution is 7.93. The number of carboxylic acids is 1. The molecule has 0 aromatic carbocycles. The smallest absolute Gasteiger partial charge is 0.309 e. The van der Waals surface area contributed by atoms with Gasteiger partial charge in [-0.15, -0.1) is 11.3 Å². The van der Waals surface area contributed by atoms with Crippen LogP contribution in [-0.4, -0.2) is 30.2 Å². The topological polar surface area (TPSA) is 120 Å². The Morgan fingerprint density at radius 1 is 1.69 bits per heavy atom. The number of nitrogens with zero attached hydrogens (tertiary/aromatic N) is 2. The number of anilines is 1. The average molecular weight is 261 g/mol. The van der Waals surface area contributed by atoms with Gasteiger partial charge in [-0.05, 0) is 0 Å². The van der Waals surface area contributed by atoms with Gasteiger partial charge in [-0.2, -0.15) is 5.26 Å². The molecule has 0 unspecified atom stereocenters. The quantitative estimate of drug-likeness (QED) is 0.771. The lowest BCUT2D eigenvalue weighted by Gasteiger charge is -1.98. The van der Waals surface area contributed by atoms with Gasteiger partial charge in [-0.3, -0.25) is 9.52 Å². The first kappa shape index (κ1) is 12.4. The Bertz CT molecular complexity index is 528. The maximum atomic E-state index is 11.1. The summed E-state index contributed by atoms with van der Waals surface area (Å²) in [5, 5.41) is 18.2. The van der Waals surface area contributed by atoms with Crippen LogP contribution in [0.5, 0.6) is 0 Å². The van der Waals surface area contributed by atoms with Crippen molar-refractivity contribution in [2.75, 3.05) is 10.5 Å². The molecule has 16 heavy (non-hydrogen) atoms. The van der Waals surface area contributed by atoms with Crippen LogP contribution in [-0.2, 0) is 21.2 Å². The van der Waals surface area contributed by atoms with Crippen LogP contribution in [0.3, 0.4) is 0 Å². The number of nitriles is 1. The number of aromatic nitrogens is 1. The van der Waals surface area contributed by atoms with Gasteiger partial charge in [0.2, 0.25) is 10.0 Å². The van der Waals surface area contributed by atoms with Crippen LogP contribution < -0.4 is 4.72 Å². The summed E-state index contributed by atoms with van der Waals surface area (Å²) in [5.41, 5.74) is 0.271. The van der Waals surface area contributed by atoms with Gasteiger partial charge in [0.05, 0.1) is 18.2 Å². The lowest BCUT2D eigenvalue weighted by atomic mass is 10.3. The lowest BCUT2D eigenvalue weighted by Crippen LogP contribution is -2.15. The number of thiazole rings is 1. The van der Waals surface area contributed by atoms with Gasteiger partial charge in [0.15, 0.2) is 10.9 Å². The van der Waals surface area contributed by atoms with Gasteiger partial charge in [0.1, 0.15) is 0 Å². The normalized spacial score (nSPS) is 10.7. The summed E-state index contributed by atoms with van der Waals surface area (Å²) < 4.78 is 24.4. The highest BCUT2D eigenvalue weighted by Gasteiger charge is 2.13. The van der Waals surface area contributed by atoms with E-state index in [0.29, 0.717) is 0 Å². The van der Waals surface area contributed by atoms with E-state index in [2.05, 4.69) is 9.71 Å². The molecular weight excluding hydrogens is 254 g/mol. The van der Waals surface area contributed by atoms with E-state index < -0.39 is 21.7 Å². The van der Waals surface area contributed by atoms with Crippen molar-refractivity contribution in [1.82, 2.24) is 4.98 Å². The van der Waals surface area contributed by atoms with Crippen LogP contribution in [0.2, 0.25) is 0 Å². The number of sulfonamides is 1. The van der Waals surface area contributed by atoms with Gasteiger partial charge in [-0.1, -0.05) is 0 Å². The SMILES string of the molecule is N#CCS(=O)(=O)Nc1nc(CC(=O)O)cs1. The Morgan fingerprint density at radius 2 is 2.38 bits per heavy atom. The van der Waals surface area contributed by atoms with Crippen molar-refractivity contribution >= 4 is 32.5 Å². The molecule has 0 bridgehead atoms. The first-order chi connectivity index (χ1) is 7.43. The van der Waals surface area contributed by atoms with Gasteiger partial charge in [-0.25, -0.2) is 13.4 Å². The van der Waals surface area contributed by atoms with E-state index in [1.807, 2.05) is 0 Å². The molecule has 0 radical (unpaired) electrons. The Labute approximate surface area is 95.4 Å². The molecule has 0 spiro atoms. The molecule has 1 aromatic rings. The molecule has 86 valence electrons. The third kappa shape index (κ3) is 3.84. The van der Waals surface area contributed by atoms with Crippen molar-refractivity contribution < 1.29 is 18.3 Å². The zero-order valence-corrected chi connectivity index (χ0v) is 9.51. The van der Waals surface area contributed by atoms with Crippen molar-refractivity contribution in [2.24, 2.45) is 0 Å². The zero-order chi connectivity index (χ0) is 12.2. The molecular formula is C7H7N3O4S2. The summed E-state index contributed by atoms with van der Waals surface area (Å²) >= 11 is 0.970. The molecule has 0 atom stereocenters. The zero-order valence-electron chi connectivity index (χ0n) is 7.87. The van der Waals surface area contributed by atoms with E-state index in [0.717, 1.165) is 11.3 Å². The number of hydrogen-bond donors (Lipinski definition) is 2. The van der Waals surface area contributed by atoms with E-state index >= 15 is 0 Å². The molecule has 0 amide bonds. The molecule has 0 saturated carbocycles. The molecule has 0 aliphatic rings. The fourth-order valence-electron chi connectivity index (χ4n) is 0.844. The third-order valence-electron chi connectivity index (χ3n) is 1.38. The molecule has 0 aliphatic carbocycles. The fourth-order valence-corrected chi connectivity index (χ4v) is 2.52. The minimum atomic E-state index is -3.71. The monoisotopic (exact) mass is 261 g/mol. The Morgan fingerprint density at radius 3 is 2.94 bits per heavy atom. The highest BCUT2D eigenvalue weighted by atomic mass is 32.2. The largest absolute Gasteiger partial charge is 0.481 e. The van der Waals surface area contributed by atoms with Gasteiger partial charge in [0.25, 0.3) is 0 Å². The summed E-state index contributed by atoms with van der Waals surface area (Å²) in [4.78, 5) is 14.1. The second-order valence-corrected chi connectivity index (χ2v) is 5.31. The summed E-state index contributed by atoms with van der Waals surface area (Å²) in [7, 11) is -3.71. The Hall–Kier alpha value is -1.66. The van der Waals surface area contributed by atoms with Crippen molar-refractivity contribution in [2.45, 2.75) is 6.42 Å². The van der Waals surface area contributed by atoms with Crippen LogP contribution in [0.1, 0.15) is 5.69 Å². The number of hydrogen-bond acceptors (Lipinski definition) is 6. The highest BCUT2D eigenvalue weighted by Crippen LogP contribution is 2.17. The summed E-state index contributed by atoms with van der Waals surface area (Å²) in [6.45, 7) is 0. The van der Waals surface area contributed by atoms with Crippen molar-refractivity contribution in [3.05, 3.63) is 11.1 Å². The molecule has 0 saturated heterocycles. The van der Waals surface area contributed by atoms with Crippen molar-refractivity contribution in [3.8, 4) is 6.07 Å². The van der Waals surface area contributed by atoms with Crippen LogP contribution in [0, 0.1) is 11.3 Å². The first-order valence-electron chi connectivity index (χ1n) is 3.96. The Kier molecular flexibility index (Phi) is 3.81. The number of carboxylic acid groups (broad SMARTS) is 1. The second kappa shape index (κ2) is 4.91. The lowest BCUT2D eigenvalue weighted by molar-refractivity contribution is -0.136. The van der Waals surface area contributed by atoms with E-state index in [4.69, 9.17) is 10.4 Å². The molecule has 9 heteroatoms. The summed E-state index contributed by atoms with van der Waals surface area (Å²) in [6.07, 6.45) is -0.267. The van der Waals surface area contributed by atoms with Crippen LogP contribution >= 0.6 is 11.3 Å². The number of aliphatic carboxylic acids is 1. The van der Waals surface area contributed by atoms with Crippen LogP contribution in [0.15, 0.2) is 5.38 Å². The number of nitrogens with one attached hydrogen (secondary N) is 1. The molecule has 0 aliphatic heterocycles. The standard InChI is InChI=1S/C7H7N3O4S2/c8-1-2-16(13,14)10-7-9-5(4-15-7)3-6(11)12/h4H,2-3H2,(H,9,10)(H,11,12). The van der Waals surface area contributed by atoms with Crippen LogP contribution in [0.25, 0.3) is 0 Å². The van der Waals surface area contributed by atoms with E-state index in [1.54, 1.807) is 0 Å². The van der Waals surface area contributed by atoms with E-state index in [-0.39, 0.29) is 17.2 Å². The maximum absolute atomic E-state index is 11.1. The fraction of sp³-hybridized carbons (Fsp3) is 0.286. The molecule has 1 aromatic heterocycles. The van der Waals surface area contributed by atoms with Gasteiger partial charge in [0, 0.05) is 5.38 Å². The Balaban J connectivity index is 2.73. The predicted molar refractivity (Wildman–Crippen MR) is 56.5 cm³/mol. The van der Waals surface area contributed by atoms with Crippen molar-refractivity contribution in [1.29, 1.82) is 5.26 Å². The predicted octanol–water partition coefficient (Wildman–Crippen LogP) is 0.0355. The van der Waals surface area contributed by atoms with Crippen LogP contribution in [0.4, 0.5) is 5.13 Å². The molecule has 7 nitrogen and oxygen atoms in total. The molecule has 2 N–H and O–H groups in total. The molecule has 1 heterocycles. The average Bonchev–Trinajstić information content (AvgIpc) is 2.49. The van der Waals surface area contributed by atoms with Gasteiger partial charge < -0.3 is 5.11 Å². The summed E-state index contributed by atoms with van der Waals surface area (Å²) in [5.74, 6) is -1.71. The van der Waals surface area contributed by atoms with Crippen molar-refractivity contribution in [3.63, 3.8) is 0 Å². The minimum absolute atomic E-state index is 0.0616. The first-order valence-corrected chi connectivity index (χ1v) is 6.50. The van der Waals surface area contributed by atoms with E-state index in [9.17, 15) is 13.2 Å². The van der Waals surface area contributed by atoms with E-state index in [1.165, 1.54) is 11.4 Å². The molecule has 1 rings (SSSR count). The number of carbonyl (C=O) groups is 1. The third-order valence-corrected chi connectivity index (χ3v) is 3.33. The second-order valence-electron chi connectivity index (χ2n) is 2.73.